The van der Waals surface area contributed by atoms with Gasteiger partial charge >= 0.3 is 0 Å². The molecule has 0 aromatic rings. The Morgan fingerprint density at radius 1 is 0.696 bits per heavy atom. The van der Waals surface area contributed by atoms with Gasteiger partial charge in [0, 0.05) is 6.61 Å². The third kappa shape index (κ3) is 15.2. The SMILES string of the molecule is CCCCCCCCCCC(CCCCCCCO)S(=O)(=O)O. The molecular weight excluding hydrogens is 312 g/mol. The second-order valence-corrected chi connectivity index (χ2v) is 8.38. The summed E-state index contributed by atoms with van der Waals surface area (Å²) in [7, 11) is -3.91. The Hall–Kier alpha value is -0.130. The lowest BCUT2D eigenvalue weighted by molar-refractivity contribution is 0.282. The third-order valence-corrected chi connectivity index (χ3v) is 5.80. The van der Waals surface area contributed by atoms with Crippen LogP contribution >= 0.6 is 0 Å². The van der Waals surface area contributed by atoms with Crippen molar-refractivity contribution >= 4 is 10.1 Å². The first-order valence-corrected chi connectivity index (χ1v) is 11.1. The first-order valence-electron chi connectivity index (χ1n) is 9.59. The maximum atomic E-state index is 11.5. The molecule has 0 aliphatic heterocycles. The van der Waals surface area contributed by atoms with Crippen molar-refractivity contribution < 1.29 is 18.1 Å². The van der Waals surface area contributed by atoms with Gasteiger partial charge < -0.3 is 5.11 Å². The molecule has 0 aliphatic carbocycles. The van der Waals surface area contributed by atoms with E-state index in [-0.39, 0.29) is 6.61 Å². The molecule has 0 aromatic heterocycles. The van der Waals surface area contributed by atoms with Gasteiger partial charge in [-0.05, 0) is 19.3 Å². The van der Waals surface area contributed by atoms with Crippen LogP contribution in [0.2, 0.25) is 0 Å². The van der Waals surface area contributed by atoms with Crippen molar-refractivity contribution in [1.82, 2.24) is 0 Å². The minimum atomic E-state index is -3.91. The topological polar surface area (TPSA) is 74.6 Å². The molecule has 4 nitrogen and oxygen atoms in total. The molecule has 0 heterocycles. The summed E-state index contributed by atoms with van der Waals surface area (Å²) in [5.41, 5.74) is 0. The number of aliphatic hydroxyl groups is 1. The predicted molar refractivity (Wildman–Crippen MR) is 97.4 cm³/mol. The fourth-order valence-corrected chi connectivity index (χ4v) is 3.89. The van der Waals surface area contributed by atoms with Crippen LogP contribution in [0.1, 0.15) is 103 Å². The van der Waals surface area contributed by atoms with E-state index in [1.54, 1.807) is 0 Å². The molecule has 0 rings (SSSR count). The van der Waals surface area contributed by atoms with E-state index in [1.807, 2.05) is 0 Å². The summed E-state index contributed by atoms with van der Waals surface area (Å²) in [6, 6.07) is 0. The molecule has 0 bridgehead atoms. The molecule has 23 heavy (non-hydrogen) atoms. The lowest BCUT2D eigenvalue weighted by Crippen LogP contribution is -2.20. The molecule has 1 atom stereocenters. The van der Waals surface area contributed by atoms with Gasteiger partial charge in [0.2, 0.25) is 0 Å². The van der Waals surface area contributed by atoms with Crippen molar-refractivity contribution in [1.29, 1.82) is 0 Å². The Bertz CT molecular complexity index is 341. The Kier molecular flexibility index (Phi) is 15.3. The van der Waals surface area contributed by atoms with Crippen LogP contribution in [0.15, 0.2) is 0 Å². The van der Waals surface area contributed by atoms with Crippen LogP contribution in [-0.4, -0.2) is 29.9 Å². The fraction of sp³-hybridized carbons (Fsp3) is 1.00. The molecule has 0 amide bonds. The van der Waals surface area contributed by atoms with E-state index in [1.165, 1.54) is 38.5 Å². The maximum Gasteiger partial charge on any atom is 0.267 e. The largest absolute Gasteiger partial charge is 0.396 e. The molecule has 0 saturated carbocycles. The highest BCUT2D eigenvalue weighted by Crippen LogP contribution is 2.19. The summed E-state index contributed by atoms with van der Waals surface area (Å²) in [5.74, 6) is 0. The predicted octanol–water partition coefficient (Wildman–Crippen LogP) is 5.11. The normalized spacial score (nSPS) is 13.3. The molecule has 0 aliphatic rings. The summed E-state index contributed by atoms with van der Waals surface area (Å²) < 4.78 is 32.3. The van der Waals surface area contributed by atoms with Crippen molar-refractivity contribution in [2.24, 2.45) is 0 Å². The summed E-state index contributed by atoms with van der Waals surface area (Å²) in [4.78, 5) is 0. The first-order chi connectivity index (χ1) is 11.0. The highest BCUT2D eigenvalue weighted by Gasteiger charge is 2.21. The number of hydrogen-bond acceptors (Lipinski definition) is 3. The Morgan fingerprint density at radius 3 is 1.48 bits per heavy atom. The van der Waals surface area contributed by atoms with Crippen LogP contribution in [-0.2, 0) is 10.1 Å². The molecular formula is C18H38O4S. The number of hydrogen-bond donors (Lipinski definition) is 2. The summed E-state index contributed by atoms with van der Waals surface area (Å²) in [6.07, 6.45) is 15.3. The number of rotatable bonds is 17. The quantitative estimate of drug-likeness (QED) is 0.282. The molecule has 0 aromatic carbocycles. The second-order valence-electron chi connectivity index (χ2n) is 6.68. The van der Waals surface area contributed by atoms with E-state index >= 15 is 0 Å². The van der Waals surface area contributed by atoms with E-state index in [0.29, 0.717) is 12.8 Å². The third-order valence-electron chi connectivity index (χ3n) is 4.49. The molecule has 0 saturated heterocycles. The molecule has 140 valence electrons. The van der Waals surface area contributed by atoms with Crippen LogP contribution in [0.4, 0.5) is 0 Å². The molecule has 0 fully saturated rings. The minimum Gasteiger partial charge on any atom is -0.396 e. The number of aliphatic hydroxyl groups excluding tert-OH is 1. The first kappa shape index (κ1) is 22.9. The van der Waals surface area contributed by atoms with E-state index in [0.717, 1.165) is 44.9 Å². The molecule has 5 heteroatoms. The fourth-order valence-electron chi connectivity index (χ4n) is 2.96. The highest BCUT2D eigenvalue weighted by atomic mass is 32.2. The second kappa shape index (κ2) is 15.4. The van der Waals surface area contributed by atoms with Crippen molar-refractivity contribution in [3.05, 3.63) is 0 Å². The van der Waals surface area contributed by atoms with Crippen LogP contribution < -0.4 is 0 Å². The van der Waals surface area contributed by atoms with Gasteiger partial charge in [0.1, 0.15) is 0 Å². The monoisotopic (exact) mass is 350 g/mol. The van der Waals surface area contributed by atoms with Gasteiger partial charge in [0.25, 0.3) is 10.1 Å². The van der Waals surface area contributed by atoms with Crippen LogP contribution in [0.5, 0.6) is 0 Å². The average Bonchev–Trinajstić information content (AvgIpc) is 2.50. The van der Waals surface area contributed by atoms with E-state index in [9.17, 15) is 13.0 Å². The smallest absolute Gasteiger partial charge is 0.267 e. The van der Waals surface area contributed by atoms with Crippen LogP contribution in [0.3, 0.4) is 0 Å². The molecule has 0 radical (unpaired) electrons. The van der Waals surface area contributed by atoms with E-state index < -0.39 is 15.4 Å². The van der Waals surface area contributed by atoms with Gasteiger partial charge in [0.05, 0.1) is 5.25 Å². The zero-order chi connectivity index (χ0) is 17.4. The Labute approximate surface area is 143 Å². The zero-order valence-electron chi connectivity index (χ0n) is 15.0. The van der Waals surface area contributed by atoms with Gasteiger partial charge in [-0.3, -0.25) is 4.55 Å². The van der Waals surface area contributed by atoms with Crippen LogP contribution in [0, 0.1) is 0 Å². The van der Waals surface area contributed by atoms with Crippen molar-refractivity contribution in [2.75, 3.05) is 6.61 Å². The molecule has 2 N–H and O–H groups in total. The summed E-state index contributed by atoms with van der Waals surface area (Å²) >= 11 is 0. The average molecular weight is 351 g/mol. The van der Waals surface area contributed by atoms with Gasteiger partial charge in [-0.25, -0.2) is 0 Å². The van der Waals surface area contributed by atoms with Crippen LogP contribution in [0.25, 0.3) is 0 Å². The lowest BCUT2D eigenvalue weighted by atomic mass is 10.0. The van der Waals surface area contributed by atoms with Crippen molar-refractivity contribution in [3.63, 3.8) is 0 Å². The minimum absolute atomic E-state index is 0.228. The van der Waals surface area contributed by atoms with Gasteiger partial charge in [-0.15, -0.1) is 0 Å². The van der Waals surface area contributed by atoms with E-state index in [2.05, 4.69) is 6.92 Å². The lowest BCUT2D eigenvalue weighted by Gasteiger charge is -2.13. The maximum absolute atomic E-state index is 11.5. The van der Waals surface area contributed by atoms with Crippen molar-refractivity contribution in [3.8, 4) is 0 Å². The van der Waals surface area contributed by atoms with Gasteiger partial charge in [-0.2, -0.15) is 8.42 Å². The molecule has 1 unspecified atom stereocenters. The Morgan fingerprint density at radius 2 is 1.09 bits per heavy atom. The summed E-state index contributed by atoms with van der Waals surface area (Å²) in [5, 5.41) is 8.12. The highest BCUT2D eigenvalue weighted by molar-refractivity contribution is 7.86. The van der Waals surface area contributed by atoms with Crippen molar-refractivity contribution in [2.45, 2.75) is 108 Å². The zero-order valence-corrected chi connectivity index (χ0v) is 15.8. The van der Waals surface area contributed by atoms with E-state index in [4.69, 9.17) is 5.11 Å². The van der Waals surface area contributed by atoms with Gasteiger partial charge in [0.15, 0.2) is 0 Å². The van der Waals surface area contributed by atoms with Gasteiger partial charge in [-0.1, -0.05) is 84.0 Å². The number of unbranched alkanes of at least 4 members (excludes halogenated alkanes) is 11. The standard InChI is InChI=1S/C18H38O4S/c1-2-3-4-5-6-7-9-12-15-18(23(20,21)22)16-13-10-8-11-14-17-19/h18-19H,2-17H2,1H3,(H,20,21,22). The summed E-state index contributed by atoms with van der Waals surface area (Å²) in [6.45, 7) is 2.44. The molecule has 0 spiro atoms. The Balaban J connectivity index is 3.73.